The van der Waals surface area contributed by atoms with Gasteiger partial charge in [-0.05, 0) is 30.3 Å². The molecule has 1 aliphatic rings. The minimum Gasteiger partial charge on any atom is -0.378 e. The van der Waals surface area contributed by atoms with Crippen LogP contribution in [0.2, 0.25) is 0 Å². The molecule has 26 heavy (non-hydrogen) atoms. The molecule has 10 heteroatoms. The summed E-state index contributed by atoms with van der Waals surface area (Å²) in [5, 5.41) is 0. The fraction of sp³-hybridized carbons (Fsp3) is 0.125. The highest BCUT2D eigenvalue weighted by molar-refractivity contribution is 7.86. The van der Waals surface area contributed by atoms with Gasteiger partial charge in [-0.1, -0.05) is 0 Å². The first kappa shape index (κ1) is 17.7. The molecule has 0 unspecified atom stereocenters. The molecule has 0 fully saturated rings. The molecule has 0 aromatic carbocycles. The molecule has 0 radical (unpaired) electrons. The number of ketones is 1. The van der Waals surface area contributed by atoms with E-state index in [1.54, 1.807) is 6.07 Å². The predicted octanol–water partition coefficient (Wildman–Crippen LogP) is 1.54. The van der Waals surface area contributed by atoms with Crippen LogP contribution in [0.5, 0.6) is 5.75 Å². The normalized spacial score (nSPS) is 15.3. The Bertz CT molecular complexity index is 1070. The van der Waals surface area contributed by atoms with Crippen LogP contribution in [0.3, 0.4) is 0 Å². The lowest BCUT2D eigenvalue weighted by Crippen LogP contribution is -2.26. The number of pyridine rings is 2. The van der Waals surface area contributed by atoms with Crippen LogP contribution in [0, 0.1) is 5.95 Å². The number of Topliss-reactive ketones (excluding diaryl/α,β-unsaturated/α-hetero) is 1. The van der Waals surface area contributed by atoms with Crippen molar-refractivity contribution in [2.24, 2.45) is 0 Å². The average Bonchev–Trinajstić information content (AvgIpc) is 2.82. The molecule has 0 saturated heterocycles. The number of nitrogens with zero attached hydrogens (tertiary/aromatic N) is 3. The van der Waals surface area contributed by atoms with Gasteiger partial charge in [0.25, 0.3) is 5.95 Å². The molecule has 2 aromatic heterocycles. The largest absolute Gasteiger partial charge is 0.378 e. The molecule has 8 nitrogen and oxygen atoms in total. The van der Waals surface area contributed by atoms with Crippen molar-refractivity contribution in [2.75, 3.05) is 11.2 Å². The van der Waals surface area contributed by atoms with Gasteiger partial charge >= 0.3 is 10.1 Å². The van der Waals surface area contributed by atoms with Crippen LogP contribution in [0.25, 0.3) is 6.08 Å². The molecule has 0 spiro atoms. The van der Waals surface area contributed by atoms with E-state index in [-0.39, 0.29) is 22.8 Å². The number of anilines is 1. The summed E-state index contributed by atoms with van der Waals surface area (Å²) in [5.74, 6) is -2.45. The zero-order chi connectivity index (χ0) is 19.1. The number of carbonyl (C=O) groups excluding carboxylic acids is 2. The SMILES string of the molecule is CC(=O)N1/C(=C/c2ccc(OS(C)(=O)=O)c(F)n2)C(=O)c2cccnc21. The third-order valence-electron chi connectivity index (χ3n) is 3.39. The van der Waals surface area contributed by atoms with Crippen LogP contribution in [0.15, 0.2) is 36.2 Å². The molecule has 0 atom stereocenters. The predicted molar refractivity (Wildman–Crippen MR) is 89.4 cm³/mol. The molecule has 0 saturated carbocycles. The van der Waals surface area contributed by atoms with Gasteiger partial charge in [0.05, 0.1) is 17.5 Å². The van der Waals surface area contributed by atoms with Gasteiger partial charge in [0.2, 0.25) is 11.7 Å². The first-order chi connectivity index (χ1) is 12.2. The van der Waals surface area contributed by atoms with Crippen molar-refractivity contribution >= 4 is 33.7 Å². The van der Waals surface area contributed by atoms with Crippen LogP contribution in [-0.2, 0) is 14.9 Å². The van der Waals surface area contributed by atoms with Crippen molar-refractivity contribution in [2.45, 2.75) is 6.92 Å². The second kappa shape index (κ2) is 6.30. The summed E-state index contributed by atoms with van der Waals surface area (Å²) in [6, 6.07) is 5.42. The lowest BCUT2D eigenvalue weighted by atomic mass is 10.1. The van der Waals surface area contributed by atoms with Crippen LogP contribution in [0.1, 0.15) is 23.0 Å². The summed E-state index contributed by atoms with van der Waals surface area (Å²) in [5.41, 5.74) is 0.215. The lowest BCUT2D eigenvalue weighted by molar-refractivity contribution is -0.116. The van der Waals surface area contributed by atoms with E-state index in [1.807, 2.05) is 0 Å². The summed E-state index contributed by atoms with van der Waals surface area (Å²) in [6.45, 7) is 1.27. The second-order valence-corrected chi connectivity index (χ2v) is 6.98. The zero-order valence-corrected chi connectivity index (χ0v) is 14.4. The van der Waals surface area contributed by atoms with E-state index in [0.29, 0.717) is 0 Å². The molecule has 3 rings (SSSR count). The molecule has 0 N–H and O–H groups in total. The lowest BCUT2D eigenvalue weighted by Gasteiger charge is -2.14. The Morgan fingerprint density at radius 1 is 1.31 bits per heavy atom. The van der Waals surface area contributed by atoms with Gasteiger partial charge in [-0.3, -0.25) is 14.5 Å². The van der Waals surface area contributed by atoms with Crippen molar-refractivity contribution in [1.82, 2.24) is 9.97 Å². The maximum atomic E-state index is 14.0. The number of hydrogen-bond donors (Lipinski definition) is 0. The summed E-state index contributed by atoms with van der Waals surface area (Å²) in [7, 11) is -3.91. The Morgan fingerprint density at radius 2 is 2.04 bits per heavy atom. The number of halogens is 1. The molecule has 0 bridgehead atoms. The van der Waals surface area contributed by atoms with Crippen molar-refractivity contribution < 1.29 is 26.6 Å². The van der Waals surface area contributed by atoms with Gasteiger partial charge in [0.1, 0.15) is 5.70 Å². The van der Waals surface area contributed by atoms with Gasteiger partial charge < -0.3 is 4.18 Å². The number of hydrogen-bond acceptors (Lipinski definition) is 7. The Kier molecular flexibility index (Phi) is 4.28. The van der Waals surface area contributed by atoms with E-state index < -0.39 is 33.5 Å². The van der Waals surface area contributed by atoms with Crippen LogP contribution in [0.4, 0.5) is 10.2 Å². The molecule has 3 heterocycles. The maximum absolute atomic E-state index is 14.0. The molecule has 1 amide bonds. The van der Waals surface area contributed by atoms with Gasteiger partial charge in [-0.2, -0.15) is 12.8 Å². The topological polar surface area (TPSA) is 107 Å². The van der Waals surface area contributed by atoms with Gasteiger partial charge in [0, 0.05) is 13.1 Å². The maximum Gasteiger partial charge on any atom is 0.306 e. The number of amides is 1. The average molecular weight is 377 g/mol. The first-order valence-corrected chi connectivity index (χ1v) is 9.07. The Hall–Kier alpha value is -3.14. The zero-order valence-electron chi connectivity index (χ0n) is 13.6. The number of allylic oxidation sites excluding steroid dienone is 1. The number of fused-ring (bicyclic) bond motifs is 1. The summed E-state index contributed by atoms with van der Waals surface area (Å²) < 4.78 is 40.6. The fourth-order valence-corrected chi connectivity index (χ4v) is 2.89. The standard InChI is InChI=1S/C16H12FN3O5S/c1-9(21)20-12(14(22)11-4-3-7-18-16(11)20)8-10-5-6-13(15(17)19-10)25-26(2,23)24/h3-8H,1-2H3/b12-8+. The van der Waals surface area contributed by atoms with E-state index in [4.69, 9.17) is 0 Å². The fourth-order valence-electron chi connectivity index (χ4n) is 2.44. The van der Waals surface area contributed by atoms with Crippen molar-refractivity contribution in [3.8, 4) is 5.75 Å². The van der Waals surface area contributed by atoms with Gasteiger partial charge in [0.15, 0.2) is 11.6 Å². The molecule has 1 aliphatic heterocycles. The van der Waals surface area contributed by atoms with Crippen molar-refractivity contribution in [3.63, 3.8) is 0 Å². The highest BCUT2D eigenvalue weighted by Gasteiger charge is 2.35. The van der Waals surface area contributed by atoms with Crippen LogP contribution < -0.4 is 9.08 Å². The first-order valence-electron chi connectivity index (χ1n) is 7.25. The summed E-state index contributed by atoms with van der Waals surface area (Å²) >= 11 is 0. The highest BCUT2D eigenvalue weighted by Crippen LogP contribution is 2.33. The monoisotopic (exact) mass is 377 g/mol. The molecule has 2 aromatic rings. The third-order valence-corrected chi connectivity index (χ3v) is 3.88. The Balaban J connectivity index is 2.03. The quantitative estimate of drug-likeness (QED) is 0.454. The van der Waals surface area contributed by atoms with E-state index >= 15 is 0 Å². The molecule has 0 aliphatic carbocycles. The number of rotatable bonds is 3. The summed E-state index contributed by atoms with van der Waals surface area (Å²) in [4.78, 5) is 33.2. The number of carbonyl (C=O) groups is 2. The van der Waals surface area contributed by atoms with Gasteiger partial charge in [-0.25, -0.2) is 9.97 Å². The second-order valence-electron chi connectivity index (χ2n) is 5.40. The van der Waals surface area contributed by atoms with E-state index in [2.05, 4.69) is 14.2 Å². The van der Waals surface area contributed by atoms with E-state index in [0.717, 1.165) is 17.2 Å². The van der Waals surface area contributed by atoms with E-state index in [9.17, 15) is 22.4 Å². The summed E-state index contributed by atoms with van der Waals surface area (Å²) in [6.07, 6.45) is 3.44. The van der Waals surface area contributed by atoms with Crippen molar-refractivity contribution in [3.05, 3.63) is 53.4 Å². The van der Waals surface area contributed by atoms with E-state index in [1.165, 1.54) is 31.3 Å². The minimum absolute atomic E-state index is 0.00533. The number of aromatic nitrogens is 2. The van der Waals surface area contributed by atoms with Crippen LogP contribution >= 0.6 is 0 Å². The third kappa shape index (κ3) is 3.31. The van der Waals surface area contributed by atoms with Crippen LogP contribution in [-0.4, -0.2) is 36.3 Å². The molecular formula is C16H12FN3O5S. The van der Waals surface area contributed by atoms with Crippen molar-refractivity contribution in [1.29, 1.82) is 0 Å². The molecule has 134 valence electrons. The minimum atomic E-state index is -3.91. The highest BCUT2D eigenvalue weighted by atomic mass is 32.2. The van der Waals surface area contributed by atoms with Gasteiger partial charge in [-0.15, -0.1) is 0 Å². The Morgan fingerprint density at radius 3 is 2.65 bits per heavy atom. The smallest absolute Gasteiger partial charge is 0.306 e. The Labute approximate surface area is 148 Å². The molecular weight excluding hydrogens is 365 g/mol.